The van der Waals surface area contributed by atoms with E-state index in [1.807, 2.05) is 0 Å². The fourth-order valence-electron chi connectivity index (χ4n) is 2.74. The Labute approximate surface area is 97.2 Å². The molecule has 0 bridgehead atoms. The van der Waals surface area contributed by atoms with Gasteiger partial charge in [0, 0.05) is 0 Å². The van der Waals surface area contributed by atoms with Gasteiger partial charge in [-0.2, -0.15) is 0 Å². The fraction of sp³-hybridized carbons (Fsp3) is 0.200. The normalized spacial score (nSPS) is 29.5. The van der Waals surface area contributed by atoms with Crippen LogP contribution in [0.5, 0.6) is 0 Å². The van der Waals surface area contributed by atoms with Gasteiger partial charge in [-0.05, 0) is 60.3 Å². The van der Waals surface area contributed by atoms with E-state index in [0.29, 0.717) is 0 Å². The van der Waals surface area contributed by atoms with Gasteiger partial charge >= 0.3 is 0 Å². The molecule has 0 aromatic carbocycles. The van der Waals surface area contributed by atoms with Crippen LogP contribution in [0.2, 0.25) is 0 Å². The Morgan fingerprint density at radius 1 is 1.00 bits per heavy atom. The molecule has 0 aromatic heterocycles. The molecular formula is C15H13P. The van der Waals surface area contributed by atoms with Crippen molar-refractivity contribution in [2.45, 2.75) is 19.3 Å². The molecule has 1 heterocycles. The minimum absolute atomic E-state index is 0.0379. The van der Waals surface area contributed by atoms with E-state index in [9.17, 15) is 0 Å². The molecule has 0 aromatic rings. The highest BCUT2D eigenvalue weighted by Crippen LogP contribution is 2.70. The quantitative estimate of drug-likeness (QED) is 0.563. The van der Waals surface area contributed by atoms with Crippen molar-refractivity contribution >= 4 is 7.92 Å². The summed E-state index contributed by atoms with van der Waals surface area (Å²) in [6.45, 7) is 0. The largest absolute Gasteiger partial charge is 0.0801 e. The Morgan fingerprint density at radius 2 is 1.88 bits per heavy atom. The minimum atomic E-state index is -0.0379. The molecule has 1 heteroatoms. The zero-order valence-electron chi connectivity index (χ0n) is 9.11. The molecular weight excluding hydrogens is 211 g/mol. The molecule has 4 aliphatic rings. The third-order valence-corrected chi connectivity index (χ3v) is 6.14. The average molecular weight is 224 g/mol. The molecule has 1 atom stereocenters. The summed E-state index contributed by atoms with van der Waals surface area (Å²) in [6, 6.07) is 0. The molecule has 0 fully saturated rings. The molecule has 0 saturated heterocycles. The summed E-state index contributed by atoms with van der Waals surface area (Å²) in [4.78, 5) is 0. The van der Waals surface area contributed by atoms with Crippen molar-refractivity contribution in [2.75, 3.05) is 0 Å². The first kappa shape index (κ1) is 8.96. The van der Waals surface area contributed by atoms with Crippen LogP contribution < -0.4 is 0 Å². The van der Waals surface area contributed by atoms with Crippen LogP contribution in [0, 0.1) is 0 Å². The van der Waals surface area contributed by atoms with Crippen LogP contribution in [0.4, 0.5) is 0 Å². The summed E-state index contributed by atoms with van der Waals surface area (Å²) >= 11 is 0. The van der Waals surface area contributed by atoms with E-state index < -0.39 is 0 Å². The van der Waals surface area contributed by atoms with E-state index >= 15 is 0 Å². The molecule has 4 rings (SSSR count). The first-order chi connectivity index (χ1) is 7.93. The molecule has 0 amide bonds. The van der Waals surface area contributed by atoms with Gasteiger partial charge in [0.05, 0.1) is 0 Å². The van der Waals surface area contributed by atoms with Crippen LogP contribution in [0.15, 0.2) is 69.6 Å². The third kappa shape index (κ3) is 1.09. The highest BCUT2D eigenvalue weighted by Gasteiger charge is 2.35. The lowest BCUT2D eigenvalue weighted by Gasteiger charge is -2.39. The van der Waals surface area contributed by atoms with Gasteiger partial charge in [0.1, 0.15) is 0 Å². The van der Waals surface area contributed by atoms with Gasteiger partial charge in [0.2, 0.25) is 0 Å². The zero-order valence-corrected chi connectivity index (χ0v) is 10.0. The second kappa shape index (κ2) is 3.18. The van der Waals surface area contributed by atoms with Crippen molar-refractivity contribution in [2.24, 2.45) is 0 Å². The maximum absolute atomic E-state index is 2.48. The average Bonchev–Trinajstić information content (AvgIpc) is 2.26. The number of hydrogen-bond donors (Lipinski definition) is 0. The minimum Gasteiger partial charge on any atom is -0.0801 e. The first-order valence-electron chi connectivity index (χ1n) is 5.91. The van der Waals surface area contributed by atoms with Gasteiger partial charge in [-0.15, -0.1) is 0 Å². The number of hydrogen-bond acceptors (Lipinski definition) is 0. The second-order valence-electron chi connectivity index (χ2n) is 4.59. The van der Waals surface area contributed by atoms with Crippen LogP contribution in [0.25, 0.3) is 0 Å². The number of rotatable bonds is 1. The predicted octanol–water partition coefficient (Wildman–Crippen LogP) is 4.75. The van der Waals surface area contributed by atoms with Gasteiger partial charge < -0.3 is 0 Å². The van der Waals surface area contributed by atoms with Gasteiger partial charge in [-0.25, -0.2) is 0 Å². The summed E-state index contributed by atoms with van der Waals surface area (Å²) in [6.07, 6.45) is 17.5. The van der Waals surface area contributed by atoms with Gasteiger partial charge in [-0.3, -0.25) is 0 Å². The van der Waals surface area contributed by atoms with Crippen molar-refractivity contribution in [3.63, 3.8) is 0 Å². The fourth-order valence-corrected chi connectivity index (χ4v) is 5.16. The van der Waals surface area contributed by atoms with Crippen LogP contribution in [0.3, 0.4) is 0 Å². The summed E-state index contributed by atoms with van der Waals surface area (Å²) in [7, 11) is -0.0379. The van der Waals surface area contributed by atoms with E-state index in [-0.39, 0.29) is 7.92 Å². The summed E-state index contributed by atoms with van der Waals surface area (Å²) in [5, 5.41) is 3.35. The van der Waals surface area contributed by atoms with Gasteiger partial charge in [0.15, 0.2) is 0 Å². The summed E-state index contributed by atoms with van der Waals surface area (Å²) in [5.74, 6) is 2.48. The smallest absolute Gasteiger partial charge is 0.000614 e. The van der Waals surface area contributed by atoms with Crippen molar-refractivity contribution in [3.05, 3.63) is 69.6 Å². The van der Waals surface area contributed by atoms with Crippen molar-refractivity contribution < 1.29 is 0 Å². The molecule has 0 N–H and O–H groups in total. The molecule has 16 heavy (non-hydrogen) atoms. The molecule has 78 valence electrons. The number of fused-ring (bicyclic) bond motifs is 2. The van der Waals surface area contributed by atoms with E-state index in [4.69, 9.17) is 0 Å². The third-order valence-electron chi connectivity index (χ3n) is 3.66. The van der Waals surface area contributed by atoms with Crippen LogP contribution in [-0.2, 0) is 0 Å². The van der Waals surface area contributed by atoms with Crippen LogP contribution in [0.1, 0.15) is 19.3 Å². The lowest BCUT2D eigenvalue weighted by molar-refractivity contribution is 1.05. The predicted molar refractivity (Wildman–Crippen MR) is 70.3 cm³/mol. The molecule has 0 radical (unpaired) electrons. The van der Waals surface area contributed by atoms with Crippen molar-refractivity contribution in [3.8, 4) is 0 Å². The van der Waals surface area contributed by atoms with Crippen molar-refractivity contribution in [1.29, 1.82) is 0 Å². The molecule has 0 spiro atoms. The number of allylic oxidation sites excluding steroid dienone is 11. The Morgan fingerprint density at radius 3 is 2.75 bits per heavy atom. The lowest BCUT2D eigenvalue weighted by atomic mass is 9.87. The Kier molecular flexibility index (Phi) is 1.78. The zero-order chi connectivity index (χ0) is 10.5. The Balaban J connectivity index is 1.73. The van der Waals surface area contributed by atoms with E-state index in [2.05, 4.69) is 42.3 Å². The molecule has 1 aliphatic heterocycles. The van der Waals surface area contributed by atoms with E-state index in [1.54, 1.807) is 21.8 Å². The SMILES string of the molecule is C1=CC2=CP(C3=C4C=CCC=C4C3)C2=CC1. The highest BCUT2D eigenvalue weighted by atomic mass is 31.1. The first-order valence-corrected chi connectivity index (χ1v) is 7.32. The van der Waals surface area contributed by atoms with Gasteiger partial charge in [-0.1, -0.05) is 36.5 Å². The summed E-state index contributed by atoms with van der Waals surface area (Å²) in [5.41, 5.74) is 4.64. The molecule has 1 unspecified atom stereocenters. The maximum atomic E-state index is 2.48. The Bertz CT molecular complexity index is 550. The molecule has 0 saturated carbocycles. The van der Waals surface area contributed by atoms with Crippen molar-refractivity contribution in [1.82, 2.24) is 0 Å². The van der Waals surface area contributed by atoms with Crippen LogP contribution >= 0.6 is 7.92 Å². The Hall–Kier alpha value is -1.13. The second-order valence-corrected chi connectivity index (χ2v) is 6.61. The van der Waals surface area contributed by atoms with Crippen LogP contribution in [-0.4, -0.2) is 0 Å². The monoisotopic (exact) mass is 224 g/mol. The van der Waals surface area contributed by atoms with E-state index in [0.717, 1.165) is 12.8 Å². The van der Waals surface area contributed by atoms with E-state index in [1.165, 1.54) is 12.0 Å². The standard InChI is InChI=1S/C15H13P/c1-3-7-13-11(5-1)9-15(13)16-10-12-6-2-4-8-14(12)16/h2-3,5-8,10H,1,4,9H2. The molecule has 3 aliphatic carbocycles. The van der Waals surface area contributed by atoms with Gasteiger partial charge in [0.25, 0.3) is 0 Å². The topological polar surface area (TPSA) is 0 Å². The lowest BCUT2D eigenvalue weighted by Crippen LogP contribution is -2.11. The highest BCUT2D eigenvalue weighted by molar-refractivity contribution is 7.71. The molecule has 0 nitrogen and oxygen atoms in total. The maximum Gasteiger partial charge on any atom is -0.000614 e. The summed E-state index contributed by atoms with van der Waals surface area (Å²) < 4.78 is 0.